The van der Waals surface area contributed by atoms with E-state index in [1.165, 1.54) is 37.3 Å². The standard InChI is InChI=1S/C24H19F2NO4/c1-2-13-24(25,26)31-17-9-7-16(8-10-17)27-23(28)15-29-18-11-12-22-20(14-18)19-5-3-4-6-21(19)30-22/h2-14H,15H2,1H3,(H,27,28)/b13-2+. The van der Waals surface area contributed by atoms with Gasteiger partial charge in [0.15, 0.2) is 6.61 Å². The Balaban J connectivity index is 1.36. The van der Waals surface area contributed by atoms with Gasteiger partial charge in [-0.1, -0.05) is 24.3 Å². The number of carbonyl (C=O) groups is 1. The molecule has 7 heteroatoms. The van der Waals surface area contributed by atoms with Crippen molar-refractivity contribution < 1.29 is 27.5 Å². The first kappa shape index (κ1) is 20.4. The van der Waals surface area contributed by atoms with E-state index in [-0.39, 0.29) is 18.3 Å². The second-order valence-electron chi connectivity index (χ2n) is 6.78. The number of ether oxygens (including phenoxy) is 2. The average Bonchev–Trinajstić information content (AvgIpc) is 3.11. The monoisotopic (exact) mass is 423 g/mol. The Morgan fingerprint density at radius 1 is 1.00 bits per heavy atom. The molecule has 0 atom stereocenters. The van der Waals surface area contributed by atoms with Crippen molar-refractivity contribution in [3.8, 4) is 11.5 Å². The van der Waals surface area contributed by atoms with E-state index in [0.29, 0.717) is 17.5 Å². The van der Waals surface area contributed by atoms with Crippen molar-refractivity contribution in [2.45, 2.75) is 13.0 Å². The molecule has 0 unspecified atom stereocenters. The van der Waals surface area contributed by atoms with E-state index in [0.717, 1.165) is 21.9 Å². The van der Waals surface area contributed by atoms with Gasteiger partial charge in [-0.2, -0.15) is 8.78 Å². The zero-order valence-electron chi connectivity index (χ0n) is 16.6. The summed E-state index contributed by atoms with van der Waals surface area (Å²) in [5.41, 5.74) is 1.95. The zero-order valence-corrected chi connectivity index (χ0v) is 16.6. The smallest absolute Gasteiger partial charge is 0.419 e. The summed E-state index contributed by atoms with van der Waals surface area (Å²) in [5.74, 6) is 0.132. The van der Waals surface area contributed by atoms with Gasteiger partial charge in [0.05, 0.1) is 0 Å². The van der Waals surface area contributed by atoms with Crippen molar-refractivity contribution in [3.05, 3.63) is 78.9 Å². The van der Waals surface area contributed by atoms with Gasteiger partial charge in [0.1, 0.15) is 22.7 Å². The molecule has 0 saturated carbocycles. The number of alkyl halides is 2. The topological polar surface area (TPSA) is 60.7 Å². The lowest BCUT2D eigenvalue weighted by Gasteiger charge is -2.14. The number of para-hydroxylation sites is 1. The molecule has 0 aliphatic rings. The highest BCUT2D eigenvalue weighted by atomic mass is 19.3. The van der Waals surface area contributed by atoms with Crippen molar-refractivity contribution in [1.82, 2.24) is 0 Å². The second kappa shape index (κ2) is 8.47. The summed E-state index contributed by atoms with van der Waals surface area (Å²) in [5, 5.41) is 4.52. The van der Waals surface area contributed by atoms with Gasteiger partial charge in [0.25, 0.3) is 5.91 Å². The van der Waals surface area contributed by atoms with E-state index in [1.54, 1.807) is 12.1 Å². The van der Waals surface area contributed by atoms with E-state index < -0.39 is 6.11 Å². The van der Waals surface area contributed by atoms with Crippen molar-refractivity contribution in [2.24, 2.45) is 0 Å². The number of nitrogens with one attached hydrogen (secondary N) is 1. The summed E-state index contributed by atoms with van der Waals surface area (Å²) < 4.78 is 42.9. The highest BCUT2D eigenvalue weighted by molar-refractivity contribution is 6.05. The zero-order chi connectivity index (χ0) is 21.8. The predicted octanol–water partition coefficient (Wildman–Crippen LogP) is 6.15. The molecule has 1 heterocycles. The minimum Gasteiger partial charge on any atom is -0.484 e. The van der Waals surface area contributed by atoms with Crippen LogP contribution >= 0.6 is 0 Å². The summed E-state index contributed by atoms with van der Waals surface area (Å²) in [4.78, 5) is 12.2. The summed E-state index contributed by atoms with van der Waals surface area (Å²) in [6.45, 7) is 1.27. The van der Waals surface area contributed by atoms with E-state index in [9.17, 15) is 13.6 Å². The largest absolute Gasteiger partial charge is 0.484 e. The number of hydrogen-bond acceptors (Lipinski definition) is 4. The van der Waals surface area contributed by atoms with Crippen LogP contribution in [0.5, 0.6) is 11.5 Å². The maximum absolute atomic E-state index is 13.4. The Hall–Kier alpha value is -3.87. The highest BCUT2D eigenvalue weighted by Crippen LogP contribution is 2.31. The summed E-state index contributed by atoms with van der Waals surface area (Å²) in [7, 11) is 0. The minimum absolute atomic E-state index is 0.0157. The van der Waals surface area contributed by atoms with Crippen LogP contribution in [0.4, 0.5) is 14.5 Å². The molecular weight excluding hydrogens is 404 g/mol. The molecule has 1 N–H and O–H groups in total. The molecule has 4 rings (SSSR count). The number of rotatable bonds is 7. The Morgan fingerprint density at radius 3 is 2.48 bits per heavy atom. The number of anilines is 1. The number of carbonyl (C=O) groups excluding carboxylic acids is 1. The molecule has 4 aromatic rings. The lowest BCUT2D eigenvalue weighted by atomic mass is 10.1. The summed E-state index contributed by atoms with van der Waals surface area (Å²) in [6.07, 6.45) is -1.53. The van der Waals surface area contributed by atoms with E-state index >= 15 is 0 Å². The fourth-order valence-electron chi connectivity index (χ4n) is 3.13. The third-order valence-corrected chi connectivity index (χ3v) is 4.47. The summed E-state index contributed by atoms with van der Waals surface area (Å²) >= 11 is 0. The lowest BCUT2D eigenvalue weighted by molar-refractivity contribution is -0.131. The molecule has 0 saturated heterocycles. The van der Waals surface area contributed by atoms with Crippen LogP contribution < -0.4 is 14.8 Å². The molecule has 1 amide bonds. The molecular formula is C24H19F2NO4. The quantitative estimate of drug-likeness (QED) is 0.362. The molecule has 3 aromatic carbocycles. The number of fused-ring (bicyclic) bond motifs is 3. The third kappa shape index (κ3) is 4.83. The molecule has 0 radical (unpaired) electrons. The third-order valence-electron chi connectivity index (χ3n) is 4.47. The van der Waals surface area contributed by atoms with Gasteiger partial charge in [-0.05, 0) is 55.5 Å². The molecule has 0 spiro atoms. The normalized spacial score (nSPS) is 11.8. The van der Waals surface area contributed by atoms with E-state index in [4.69, 9.17) is 9.15 Å². The maximum Gasteiger partial charge on any atom is 0.419 e. The van der Waals surface area contributed by atoms with Crippen LogP contribution in [0.15, 0.2) is 83.3 Å². The van der Waals surface area contributed by atoms with Crippen molar-refractivity contribution in [2.75, 3.05) is 11.9 Å². The fourth-order valence-corrected chi connectivity index (χ4v) is 3.13. The number of furan rings is 1. The fraction of sp³-hybridized carbons (Fsp3) is 0.125. The number of halogens is 2. The Labute approximate surface area is 176 Å². The van der Waals surface area contributed by atoms with Gasteiger partial charge < -0.3 is 19.2 Å². The second-order valence-corrected chi connectivity index (χ2v) is 6.78. The molecule has 1 aromatic heterocycles. The molecule has 5 nitrogen and oxygen atoms in total. The molecule has 158 valence electrons. The van der Waals surface area contributed by atoms with Crippen molar-refractivity contribution in [1.29, 1.82) is 0 Å². The Bertz CT molecular complexity index is 1250. The van der Waals surface area contributed by atoms with Gasteiger partial charge in [-0.25, -0.2) is 0 Å². The van der Waals surface area contributed by atoms with Crippen LogP contribution in [0, 0.1) is 0 Å². The number of benzene rings is 3. The molecule has 0 fully saturated rings. The molecule has 0 aliphatic heterocycles. The van der Waals surface area contributed by atoms with Gasteiger partial charge in [0.2, 0.25) is 0 Å². The first-order chi connectivity index (χ1) is 14.9. The molecule has 31 heavy (non-hydrogen) atoms. The first-order valence-corrected chi connectivity index (χ1v) is 9.58. The first-order valence-electron chi connectivity index (χ1n) is 9.58. The van der Waals surface area contributed by atoms with Crippen LogP contribution in [-0.4, -0.2) is 18.6 Å². The van der Waals surface area contributed by atoms with Crippen LogP contribution in [0.1, 0.15) is 6.92 Å². The van der Waals surface area contributed by atoms with Crippen LogP contribution in [0.25, 0.3) is 21.9 Å². The van der Waals surface area contributed by atoms with Crippen LogP contribution in [-0.2, 0) is 4.79 Å². The van der Waals surface area contributed by atoms with E-state index in [1.807, 2.05) is 30.3 Å². The maximum atomic E-state index is 13.4. The van der Waals surface area contributed by atoms with Gasteiger partial charge in [-0.15, -0.1) is 0 Å². The minimum atomic E-state index is -3.39. The molecule has 0 aliphatic carbocycles. The average molecular weight is 423 g/mol. The SMILES string of the molecule is C/C=C/C(F)(F)Oc1ccc(NC(=O)COc2ccc3oc4ccccc4c3c2)cc1. The lowest BCUT2D eigenvalue weighted by Crippen LogP contribution is -2.21. The van der Waals surface area contributed by atoms with Crippen molar-refractivity contribution in [3.63, 3.8) is 0 Å². The van der Waals surface area contributed by atoms with Gasteiger partial charge in [-0.3, -0.25) is 4.79 Å². The number of hydrogen-bond donors (Lipinski definition) is 1. The number of allylic oxidation sites excluding steroid dienone is 1. The molecule has 0 bridgehead atoms. The predicted molar refractivity (Wildman–Crippen MR) is 115 cm³/mol. The van der Waals surface area contributed by atoms with Crippen molar-refractivity contribution >= 4 is 33.5 Å². The Kier molecular flexibility index (Phi) is 5.58. The van der Waals surface area contributed by atoms with Gasteiger partial charge in [0, 0.05) is 22.5 Å². The van der Waals surface area contributed by atoms with Gasteiger partial charge >= 0.3 is 6.11 Å². The van der Waals surface area contributed by atoms with Crippen LogP contribution in [0.3, 0.4) is 0 Å². The number of amides is 1. The van der Waals surface area contributed by atoms with E-state index in [2.05, 4.69) is 10.1 Å². The van der Waals surface area contributed by atoms with Crippen LogP contribution in [0.2, 0.25) is 0 Å². The Morgan fingerprint density at radius 2 is 1.71 bits per heavy atom. The summed E-state index contributed by atoms with van der Waals surface area (Å²) in [6, 6.07) is 18.7. The highest BCUT2D eigenvalue weighted by Gasteiger charge is 2.27.